The minimum absolute atomic E-state index is 0.0540. The van der Waals surface area contributed by atoms with Crippen molar-refractivity contribution in [3.63, 3.8) is 0 Å². The number of H-pyrrole nitrogens is 1. The van der Waals surface area contributed by atoms with E-state index in [9.17, 15) is 17.6 Å². The van der Waals surface area contributed by atoms with Crippen LogP contribution >= 0.6 is 0 Å². The van der Waals surface area contributed by atoms with Crippen molar-refractivity contribution in [2.75, 3.05) is 0 Å². The van der Waals surface area contributed by atoms with E-state index in [-0.39, 0.29) is 34.6 Å². The van der Waals surface area contributed by atoms with Crippen molar-refractivity contribution in [1.29, 1.82) is 0 Å². The standard InChI is InChI=1S/C24H27FN4O3S/c1-16(17-2-8-20(25)9-3-17)28-24(30)19-4-10-21(11-5-19)29-33(31,32)22-12-6-18(7-13-22)23-26-14-15-27-23/h2-3,6-9,12-16,19,21,29H,4-5,10-11H2,1H3,(H,26,27)(H,28,30)/t16-,19-,21-/m1/s1. The van der Waals surface area contributed by atoms with E-state index in [1.165, 1.54) is 12.1 Å². The lowest BCUT2D eigenvalue weighted by Crippen LogP contribution is -2.41. The van der Waals surface area contributed by atoms with Crippen molar-refractivity contribution in [3.8, 4) is 11.4 Å². The van der Waals surface area contributed by atoms with Crippen LogP contribution in [0.1, 0.15) is 44.2 Å². The first-order valence-electron chi connectivity index (χ1n) is 11.0. The second kappa shape index (κ2) is 9.84. The highest BCUT2D eigenvalue weighted by Crippen LogP contribution is 2.27. The van der Waals surface area contributed by atoms with Gasteiger partial charge in [-0.15, -0.1) is 0 Å². The summed E-state index contributed by atoms with van der Waals surface area (Å²) >= 11 is 0. The van der Waals surface area contributed by atoms with E-state index in [2.05, 4.69) is 20.0 Å². The van der Waals surface area contributed by atoms with E-state index in [1.807, 2.05) is 6.92 Å². The molecule has 1 atom stereocenters. The first-order chi connectivity index (χ1) is 15.8. The van der Waals surface area contributed by atoms with Crippen LogP contribution in [0, 0.1) is 11.7 Å². The zero-order chi connectivity index (χ0) is 23.4. The normalized spacial score (nSPS) is 19.7. The number of benzene rings is 2. The Kier molecular flexibility index (Phi) is 6.90. The smallest absolute Gasteiger partial charge is 0.240 e. The summed E-state index contributed by atoms with van der Waals surface area (Å²) in [5.41, 5.74) is 1.64. The first-order valence-corrected chi connectivity index (χ1v) is 12.5. The SMILES string of the molecule is C[C@@H](NC(=O)[C@H]1CC[C@H](NS(=O)(=O)c2ccc(-c3ncc[nH]3)cc2)CC1)c1ccc(F)cc1. The topological polar surface area (TPSA) is 104 Å². The number of aromatic amines is 1. The molecule has 2 aromatic carbocycles. The molecular weight excluding hydrogens is 443 g/mol. The highest BCUT2D eigenvalue weighted by atomic mass is 32.2. The van der Waals surface area contributed by atoms with Gasteiger partial charge in [-0.3, -0.25) is 4.79 Å². The lowest BCUT2D eigenvalue weighted by molar-refractivity contribution is -0.126. The number of rotatable bonds is 7. The van der Waals surface area contributed by atoms with Crippen molar-refractivity contribution in [2.45, 2.75) is 49.6 Å². The van der Waals surface area contributed by atoms with Crippen LogP contribution in [-0.2, 0) is 14.8 Å². The Morgan fingerprint density at radius 3 is 2.33 bits per heavy atom. The Bertz CT molecular complexity index is 1170. The number of carbonyl (C=O) groups excluding carboxylic acids is 1. The van der Waals surface area contributed by atoms with Gasteiger partial charge in [-0.25, -0.2) is 22.5 Å². The van der Waals surface area contributed by atoms with Crippen LogP contribution in [-0.4, -0.2) is 30.3 Å². The van der Waals surface area contributed by atoms with Gasteiger partial charge >= 0.3 is 0 Å². The fourth-order valence-electron chi connectivity index (χ4n) is 4.14. The van der Waals surface area contributed by atoms with Gasteiger partial charge in [0.25, 0.3) is 0 Å². The van der Waals surface area contributed by atoms with E-state index in [0.717, 1.165) is 11.1 Å². The van der Waals surface area contributed by atoms with Crippen molar-refractivity contribution in [2.24, 2.45) is 5.92 Å². The molecule has 9 heteroatoms. The molecule has 174 valence electrons. The largest absolute Gasteiger partial charge is 0.349 e. The van der Waals surface area contributed by atoms with Gasteiger partial charge in [0, 0.05) is 29.9 Å². The number of halogens is 1. The van der Waals surface area contributed by atoms with Crippen LogP contribution in [0.2, 0.25) is 0 Å². The molecule has 4 rings (SSSR count). The highest BCUT2D eigenvalue weighted by molar-refractivity contribution is 7.89. The lowest BCUT2D eigenvalue weighted by atomic mass is 9.85. The van der Waals surface area contributed by atoms with E-state index >= 15 is 0 Å². The summed E-state index contributed by atoms with van der Waals surface area (Å²) in [7, 11) is -3.65. The molecule has 0 bridgehead atoms. The van der Waals surface area contributed by atoms with Gasteiger partial charge in [0.05, 0.1) is 10.9 Å². The van der Waals surface area contributed by atoms with Gasteiger partial charge in [0.2, 0.25) is 15.9 Å². The van der Waals surface area contributed by atoms with Crippen molar-refractivity contribution in [3.05, 3.63) is 72.3 Å². The number of aromatic nitrogens is 2. The summed E-state index contributed by atoms with van der Waals surface area (Å²) in [6.45, 7) is 1.86. The van der Waals surface area contributed by atoms with Crippen molar-refractivity contribution < 1.29 is 17.6 Å². The quantitative estimate of drug-likeness (QED) is 0.487. The van der Waals surface area contributed by atoms with Crippen LogP contribution < -0.4 is 10.0 Å². The third kappa shape index (κ3) is 5.66. The number of nitrogens with one attached hydrogen (secondary N) is 3. The molecule has 1 saturated carbocycles. The summed E-state index contributed by atoms with van der Waals surface area (Å²) in [5.74, 6) is 0.145. The van der Waals surface area contributed by atoms with E-state index in [0.29, 0.717) is 31.5 Å². The van der Waals surface area contributed by atoms with Gasteiger partial charge in [-0.1, -0.05) is 12.1 Å². The maximum Gasteiger partial charge on any atom is 0.240 e. The molecule has 7 nitrogen and oxygen atoms in total. The second-order valence-electron chi connectivity index (χ2n) is 8.41. The number of hydrogen-bond donors (Lipinski definition) is 3. The van der Waals surface area contributed by atoms with Gasteiger partial charge in [-0.2, -0.15) is 0 Å². The zero-order valence-electron chi connectivity index (χ0n) is 18.3. The molecule has 1 aliphatic rings. The molecule has 0 unspecified atom stereocenters. The average Bonchev–Trinajstić information content (AvgIpc) is 3.35. The van der Waals surface area contributed by atoms with Gasteiger partial charge < -0.3 is 10.3 Å². The monoisotopic (exact) mass is 470 g/mol. The number of hydrogen-bond acceptors (Lipinski definition) is 4. The third-order valence-corrected chi connectivity index (χ3v) is 7.62. The Labute approximate surface area is 192 Å². The maximum absolute atomic E-state index is 13.1. The molecule has 0 spiro atoms. The summed E-state index contributed by atoms with van der Waals surface area (Å²) in [6.07, 6.45) is 5.74. The minimum Gasteiger partial charge on any atom is -0.349 e. The number of imidazole rings is 1. The second-order valence-corrected chi connectivity index (χ2v) is 10.1. The summed E-state index contributed by atoms with van der Waals surface area (Å²) in [6, 6.07) is 12.2. The summed E-state index contributed by atoms with van der Waals surface area (Å²) in [4.78, 5) is 20.0. The van der Waals surface area contributed by atoms with Crippen LogP contribution in [0.25, 0.3) is 11.4 Å². The zero-order valence-corrected chi connectivity index (χ0v) is 19.1. The summed E-state index contributed by atoms with van der Waals surface area (Å²) in [5, 5.41) is 2.98. The maximum atomic E-state index is 13.1. The first kappa shape index (κ1) is 23.1. The molecular formula is C24H27FN4O3S. The average molecular weight is 471 g/mol. The van der Waals surface area contributed by atoms with Gasteiger partial charge in [-0.05, 0) is 74.6 Å². The van der Waals surface area contributed by atoms with Crippen LogP contribution in [0.3, 0.4) is 0 Å². The molecule has 3 N–H and O–H groups in total. The van der Waals surface area contributed by atoms with Crippen molar-refractivity contribution in [1.82, 2.24) is 20.0 Å². The predicted molar refractivity (Wildman–Crippen MR) is 123 cm³/mol. The molecule has 33 heavy (non-hydrogen) atoms. The molecule has 1 aromatic heterocycles. The van der Waals surface area contributed by atoms with E-state index < -0.39 is 10.0 Å². The fraction of sp³-hybridized carbons (Fsp3) is 0.333. The van der Waals surface area contributed by atoms with E-state index in [4.69, 9.17) is 0 Å². The number of amides is 1. The number of nitrogens with zero attached hydrogens (tertiary/aromatic N) is 1. The molecule has 1 fully saturated rings. The number of carbonyl (C=O) groups is 1. The van der Waals surface area contributed by atoms with E-state index in [1.54, 1.807) is 48.8 Å². The third-order valence-electron chi connectivity index (χ3n) is 6.08. The minimum atomic E-state index is -3.65. The number of sulfonamides is 1. The fourth-order valence-corrected chi connectivity index (χ4v) is 5.45. The highest BCUT2D eigenvalue weighted by Gasteiger charge is 2.29. The molecule has 1 amide bonds. The molecule has 0 saturated heterocycles. The Morgan fingerprint density at radius 1 is 1.06 bits per heavy atom. The Morgan fingerprint density at radius 2 is 1.73 bits per heavy atom. The predicted octanol–water partition coefficient (Wildman–Crippen LogP) is 3.93. The molecule has 3 aromatic rings. The van der Waals surface area contributed by atoms with Gasteiger partial charge in [0.1, 0.15) is 11.6 Å². The lowest BCUT2D eigenvalue weighted by Gasteiger charge is -2.29. The van der Waals surface area contributed by atoms with Crippen LogP contribution in [0.15, 0.2) is 65.8 Å². The van der Waals surface area contributed by atoms with Crippen LogP contribution in [0.4, 0.5) is 4.39 Å². The Hall–Kier alpha value is -3.04. The van der Waals surface area contributed by atoms with Crippen molar-refractivity contribution >= 4 is 15.9 Å². The van der Waals surface area contributed by atoms with Crippen LogP contribution in [0.5, 0.6) is 0 Å². The molecule has 0 radical (unpaired) electrons. The molecule has 1 aliphatic carbocycles. The molecule has 1 heterocycles. The molecule has 0 aliphatic heterocycles. The summed E-state index contributed by atoms with van der Waals surface area (Å²) < 4.78 is 41.5. The Balaban J connectivity index is 1.29. The van der Waals surface area contributed by atoms with Gasteiger partial charge in [0.15, 0.2) is 0 Å².